The van der Waals surface area contributed by atoms with Gasteiger partial charge in [-0.15, -0.1) is 0 Å². The van der Waals surface area contributed by atoms with Crippen LogP contribution in [0.1, 0.15) is 25.3 Å². The van der Waals surface area contributed by atoms with Gasteiger partial charge in [-0.1, -0.05) is 30.3 Å². The third-order valence-corrected chi connectivity index (χ3v) is 4.87. The Bertz CT molecular complexity index is 471. The van der Waals surface area contributed by atoms with Crippen molar-refractivity contribution in [2.24, 2.45) is 5.92 Å². The number of rotatable bonds is 3. The van der Waals surface area contributed by atoms with Crippen LogP contribution in [0.15, 0.2) is 30.3 Å². The average Bonchev–Trinajstić information content (AvgIpc) is 2.97. The van der Waals surface area contributed by atoms with E-state index in [-0.39, 0.29) is 5.97 Å². The molecular formula is C16H21NO2. The van der Waals surface area contributed by atoms with Gasteiger partial charge in [0.05, 0.1) is 12.0 Å². The first-order chi connectivity index (χ1) is 9.18. The fourth-order valence-corrected chi connectivity index (χ4v) is 3.93. The van der Waals surface area contributed by atoms with Gasteiger partial charge in [0.15, 0.2) is 0 Å². The molecule has 2 bridgehead atoms. The second-order valence-corrected chi connectivity index (χ2v) is 5.79. The van der Waals surface area contributed by atoms with Gasteiger partial charge in [0.1, 0.15) is 0 Å². The minimum absolute atomic E-state index is 0.0261. The molecule has 2 aliphatic rings. The highest BCUT2D eigenvalue weighted by molar-refractivity contribution is 5.84. The molecule has 1 heterocycles. The average molecular weight is 259 g/mol. The summed E-state index contributed by atoms with van der Waals surface area (Å²) in [4.78, 5) is 15.0. The quantitative estimate of drug-likeness (QED) is 0.779. The van der Waals surface area contributed by atoms with Crippen LogP contribution in [0.3, 0.4) is 0 Å². The maximum absolute atomic E-state index is 12.6. The summed E-state index contributed by atoms with van der Waals surface area (Å²) in [6, 6.07) is 10.7. The van der Waals surface area contributed by atoms with Crippen molar-refractivity contribution in [2.75, 3.05) is 20.2 Å². The number of benzene rings is 1. The molecule has 1 aromatic carbocycles. The lowest BCUT2D eigenvalue weighted by Crippen LogP contribution is -2.48. The first kappa shape index (κ1) is 12.7. The standard InChI is InChI=1S/C16H21NO2/c1-3-19-15(18)16(12-7-5-4-6-8-12)10-14-9-13(16)11-17(14)2/h4-8,13-14H,3,9-11H2,1-2H3/t13-,14-,16+/m1/s1. The Hall–Kier alpha value is -1.35. The van der Waals surface area contributed by atoms with Crippen LogP contribution in [0.5, 0.6) is 0 Å². The summed E-state index contributed by atoms with van der Waals surface area (Å²) >= 11 is 0. The van der Waals surface area contributed by atoms with Gasteiger partial charge in [-0.2, -0.15) is 0 Å². The van der Waals surface area contributed by atoms with E-state index in [4.69, 9.17) is 4.74 Å². The number of ether oxygens (including phenoxy) is 1. The fraction of sp³-hybridized carbons (Fsp3) is 0.562. The van der Waals surface area contributed by atoms with Crippen LogP contribution in [-0.2, 0) is 14.9 Å². The molecule has 3 heteroatoms. The van der Waals surface area contributed by atoms with Gasteiger partial charge in [-0.05, 0) is 38.3 Å². The van der Waals surface area contributed by atoms with Crippen molar-refractivity contribution in [2.45, 2.75) is 31.2 Å². The fourth-order valence-electron chi connectivity index (χ4n) is 3.93. The molecule has 0 aromatic heterocycles. The zero-order chi connectivity index (χ0) is 13.5. The van der Waals surface area contributed by atoms with Crippen molar-refractivity contribution >= 4 is 5.97 Å². The molecule has 3 rings (SSSR count). The third-order valence-electron chi connectivity index (χ3n) is 4.87. The molecule has 1 saturated carbocycles. The van der Waals surface area contributed by atoms with Gasteiger partial charge in [-0.3, -0.25) is 4.79 Å². The van der Waals surface area contributed by atoms with E-state index in [0.29, 0.717) is 18.6 Å². The van der Waals surface area contributed by atoms with Crippen LogP contribution in [0, 0.1) is 5.92 Å². The van der Waals surface area contributed by atoms with Crippen LogP contribution in [-0.4, -0.2) is 37.1 Å². The van der Waals surface area contributed by atoms with Crippen molar-refractivity contribution in [3.63, 3.8) is 0 Å². The predicted molar refractivity (Wildman–Crippen MR) is 73.9 cm³/mol. The van der Waals surface area contributed by atoms with Gasteiger partial charge >= 0.3 is 5.97 Å². The molecule has 1 aliphatic carbocycles. The van der Waals surface area contributed by atoms with Gasteiger partial charge < -0.3 is 9.64 Å². The largest absolute Gasteiger partial charge is 0.465 e. The number of hydrogen-bond acceptors (Lipinski definition) is 3. The molecule has 0 N–H and O–H groups in total. The Kier molecular flexibility index (Phi) is 3.09. The van der Waals surface area contributed by atoms with Crippen molar-refractivity contribution in [1.29, 1.82) is 0 Å². The van der Waals surface area contributed by atoms with Crippen molar-refractivity contribution in [3.8, 4) is 0 Å². The predicted octanol–water partition coefficient (Wildman–Crippen LogP) is 2.21. The van der Waals surface area contributed by atoms with Crippen LogP contribution in [0.25, 0.3) is 0 Å². The van der Waals surface area contributed by atoms with E-state index >= 15 is 0 Å². The van der Waals surface area contributed by atoms with Gasteiger partial charge in [0, 0.05) is 12.6 Å². The molecular weight excluding hydrogens is 238 g/mol. The highest BCUT2D eigenvalue weighted by atomic mass is 16.5. The van der Waals surface area contributed by atoms with Crippen molar-refractivity contribution in [3.05, 3.63) is 35.9 Å². The topological polar surface area (TPSA) is 29.5 Å². The third kappa shape index (κ3) is 1.79. The molecule has 1 aromatic rings. The molecule has 3 nitrogen and oxygen atoms in total. The molecule has 102 valence electrons. The van der Waals surface area contributed by atoms with Crippen LogP contribution in [0.2, 0.25) is 0 Å². The van der Waals surface area contributed by atoms with E-state index in [0.717, 1.165) is 24.9 Å². The summed E-state index contributed by atoms with van der Waals surface area (Å²) in [6.45, 7) is 3.34. The molecule has 19 heavy (non-hydrogen) atoms. The van der Waals surface area contributed by atoms with Crippen LogP contribution in [0.4, 0.5) is 0 Å². The molecule has 0 spiro atoms. The highest BCUT2D eigenvalue weighted by Crippen LogP contribution is 2.52. The summed E-state index contributed by atoms with van der Waals surface area (Å²) in [5.41, 5.74) is 0.725. The Labute approximate surface area is 114 Å². The smallest absolute Gasteiger partial charge is 0.316 e. The number of carbonyl (C=O) groups excluding carboxylic acids is 1. The van der Waals surface area contributed by atoms with Crippen molar-refractivity contribution < 1.29 is 9.53 Å². The zero-order valence-corrected chi connectivity index (χ0v) is 11.6. The van der Waals surface area contributed by atoms with Crippen molar-refractivity contribution in [1.82, 2.24) is 4.90 Å². The maximum atomic E-state index is 12.6. The van der Waals surface area contributed by atoms with Gasteiger partial charge in [-0.25, -0.2) is 0 Å². The number of piperidine rings is 1. The molecule has 1 saturated heterocycles. The van der Waals surface area contributed by atoms with Gasteiger partial charge in [0.2, 0.25) is 0 Å². The summed E-state index contributed by atoms with van der Waals surface area (Å²) in [7, 11) is 2.16. The second kappa shape index (κ2) is 4.64. The Balaban J connectivity index is 2.01. The van der Waals surface area contributed by atoms with E-state index in [2.05, 4.69) is 24.1 Å². The Morgan fingerprint density at radius 1 is 1.42 bits per heavy atom. The van der Waals surface area contributed by atoms with E-state index in [1.807, 2.05) is 25.1 Å². The minimum Gasteiger partial charge on any atom is -0.465 e. The molecule has 0 radical (unpaired) electrons. The zero-order valence-electron chi connectivity index (χ0n) is 11.6. The SMILES string of the molecule is CCOC(=O)[C@]1(c2ccccc2)C[C@H]2C[C@@H]1CN2C. The van der Waals surface area contributed by atoms with E-state index in [9.17, 15) is 4.79 Å². The number of nitrogens with zero attached hydrogens (tertiary/aromatic N) is 1. The number of esters is 1. The van der Waals surface area contributed by atoms with Crippen LogP contribution < -0.4 is 0 Å². The molecule has 0 amide bonds. The first-order valence-corrected chi connectivity index (χ1v) is 7.11. The lowest BCUT2D eigenvalue weighted by molar-refractivity contribution is -0.153. The van der Waals surface area contributed by atoms with E-state index in [1.165, 1.54) is 0 Å². The first-order valence-electron chi connectivity index (χ1n) is 7.11. The molecule has 2 fully saturated rings. The number of likely N-dealkylation sites (tertiary alicyclic amines) is 1. The summed E-state index contributed by atoms with van der Waals surface area (Å²) in [5, 5.41) is 0. The Morgan fingerprint density at radius 3 is 2.68 bits per heavy atom. The highest BCUT2D eigenvalue weighted by Gasteiger charge is 2.59. The second-order valence-electron chi connectivity index (χ2n) is 5.79. The minimum atomic E-state index is -0.408. The summed E-state index contributed by atoms with van der Waals surface area (Å²) < 4.78 is 5.41. The molecule has 0 unspecified atom stereocenters. The number of hydrogen-bond donors (Lipinski definition) is 0. The summed E-state index contributed by atoms with van der Waals surface area (Å²) in [6.07, 6.45) is 2.02. The van der Waals surface area contributed by atoms with Gasteiger partial charge in [0.25, 0.3) is 0 Å². The normalized spacial score (nSPS) is 33.6. The number of fused-ring (bicyclic) bond motifs is 2. The lowest BCUT2D eigenvalue weighted by Gasteiger charge is -2.38. The Morgan fingerprint density at radius 2 is 2.16 bits per heavy atom. The van der Waals surface area contributed by atoms with Crippen LogP contribution >= 0.6 is 0 Å². The maximum Gasteiger partial charge on any atom is 0.316 e. The van der Waals surface area contributed by atoms with E-state index < -0.39 is 5.41 Å². The molecule has 1 aliphatic heterocycles. The summed E-state index contributed by atoms with van der Waals surface area (Å²) in [5.74, 6) is 0.366. The monoisotopic (exact) mass is 259 g/mol. The molecule has 3 atom stereocenters. The lowest BCUT2D eigenvalue weighted by atomic mass is 9.71. The number of carbonyl (C=O) groups is 1. The van der Waals surface area contributed by atoms with E-state index in [1.54, 1.807) is 0 Å².